The van der Waals surface area contributed by atoms with Crippen LogP contribution in [0.1, 0.15) is 24.8 Å². The van der Waals surface area contributed by atoms with Gasteiger partial charge in [0.05, 0.1) is 13.4 Å². The molecule has 6 nitrogen and oxygen atoms in total. The maximum absolute atomic E-state index is 11.5. The van der Waals surface area contributed by atoms with Gasteiger partial charge in [-0.1, -0.05) is 31.2 Å². The number of methoxy groups -OCH3 is 1. The molecule has 2 unspecified atom stereocenters. The second-order valence-electron chi connectivity index (χ2n) is 6.29. The molecule has 2 atom stereocenters. The topological polar surface area (TPSA) is 98.5 Å². The first-order valence-electron chi connectivity index (χ1n) is 8.02. The first-order valence-corrected chi connectivity index (χ1v) is 9.91. The molecule has 0 bridgehead atoms. The summed E-state index contributed by atoms with van der Waals surface area (Å²) in [5.41, 5.74) is 6.36. The predicted molar refractivity (Wildman–Crippen MR) is 99.1 cm³/mol. The minimum Gasteiger partial charge on any atom is -0.497 e. The van der Waals surface area contributed by atoms with Gasteiger partial charge >= 0.3 is 0 Å². The SMILES string of the molecule is COc1ccc2cccc(C(CNS(C)(=O)=O)CC(C)C(N)=O)c2c1. The van der Waals surface area contributed by atoms with Crippen LogP contribution in [-0.2, 0) is 14.8 Å². The number of amides is 1. The minimum atomic E-state index is -3.34. The van der Waals surface area contributed by atoms with Crippen LogP contribution in [0, 0.1) is 5.92 Å². The zero-order valence-electron chi connectivity index (χ0n) is 14.7. The number of ether oxygens (including phenoxy) is 1. The average Bonchev–Trinajstić information content (AvgIpc) is 2.56. The summed E-state index contributed by atoms with van der Waals surface area (Å²) >= 11 is 0. The Morgan fingerprint density at radius 3 is 2.60 bits per heavy atom. The van der Waals surface area contributed by atoms with Crippen LogP contribution < -0.4 is 15.2 Å². The van der Waals surface area contributed by atoms with Gasteiger partial charge in [0.2, 0.25) is 15.9 Å². The second kappa shape index (κ2) is 7.84. The Hall–Kier alpha value is -2.12. The molecule has 0 saturated heterocycles. The molecule has 0 aromatic heterocycles. The summed E-state index contributed by atoms with van der Waals surface area (Å²) in [6, 6.07) is 11.6. The third-order valence-corrected chi connectivity index (χ3v) is 4.97. The minimum absolute atomic E-state index is 0.187. The van der Waals surface area contributed by atoms with E-state index < -0.39 is 15.9 Å². The van der Waals surface area contributed by atoms with Gasteiger partial charge in [-0.25, -0.2) is 13.1 Å². The van der Waals surface area contributed by atoms with Crippen LogP contribution in [-0.4, -0.2) is 34.2 Å². The molecule has 25 heavy (non-hydrogen) atoms. The summed E-state index contributed by atoms with van der Waals surface area (Å²) in [5, 5.41) is 1.99. The summed E-state index contributed by atoms with van der Waals surface area (Å²) in [7, 11) is -1.74. The van der Waals surface area contributed by atoms with Crippen molar-refractivity contribution in [3.63, 3.8) is 0 Å². The average molecular weight is 364 g/mol. The zero-order valence-corrected chi connectivity index (χ0v) is 15.5. The lowest BCUT2D eigenvalue weighted by Crippen LogP contribution is -2.30. The third-order valence-electron chi connectivity index (χ3n) is 4.28. The van der Waals surface area contributed by atoms with Crippen LogP contribution in [0.3, 0.4) is 0 Å². The molecule has 0 heterocycles. The summed E-state index contributed by atoms with van der Waals surface area (Å²) in [4.78, 5) is 11.5. The van der Waals surface area contributed by atoms with Crippen molar-refractivity contribution in [2.45, 2.75) is 19.3 Å². The number of primary amides is 1. The van der Waals surface area contributed by atoms with Crippen molar-refractivity contribution in [3.8, 4) is 5.75 Å². The van der Waals surface area contributed by atoms with Crippen LogP contribution in [0.15, 0.2) is 36.4 Å². The van der Waals surface area contributed by atoms with Crippen molar-refractivity contribution in [2.24, 2.45) is 11.7 Å². The molecule has 1 amide bonds. The van der Waals surface area contributed by atoms with E-state index in [4.69, 9.17) is 10.5 Å². The molecular weight excluding hydrogens is 340 g/mol. The maximum Gasteiger partial charge on any atom is 0.220 e. The fraction of sp³-hybridized carbons (Fsp3) is 0.389. The number of hydrogen-bond donors (Lipinski definition) is 2. The van der Waals surface area contributed by atoms with Crippen LogP contribution in [0.2, 0.25) is 0 Å². The zero-order chi connectivity index (χ0) is 18.6. The molecule has 0 aliphatic heterocycles. The van der Waals surface area contributed by atoms with E-state index in [0.29, 0.717) is 6.42 Å². The molecule has 136 valence electrons. The van der Waals surface area contributed by atoms with Gasteiger partial charge in [-0.2, -0.15) is 0 Å². The molecule has 0 aliphatic rings. The van der Waals surface area contributed by atoms with Gasteiger partial charge in [0.1, 0.15) is 5.75 Å². The van der Waals surface area contributed by atoms with Gasteiger partial charge < -0.3 is 10.5 Å². The molecule has 2 aromatic carbocycles. The number of carbonyl (C=O) groups is 1. The summed E-state index contributed by atoms with van der Waals surface area (Å²) in [5.74, 6) is -0.236. The highest BCUT2D eigenvalue weighted by Crippen LogP contribution is 2.32. The summed E-state index contributed by atoms with van der Waals surface area (Å²) < 4.78 is 30.9. The lowest BCUT2D eigenvalue weighted by molar-refractivity contribution is -0.121. The highest BCUT2D eigenvalue weighted by atomic mass is 32.2. The molecule has 0 saturated carbocycles. The van der Waals surface area contributed by atoms with Gasteiger partial charge in [0, 0.05) is 12.5 Å². The third kappa shape index (κ3) is 5.17. The number of hydrogen-bond acceptors (Lipinski definition) is 4. The quantitative estimate of drug-likeness (QED) is 0.748. The van der Waals surface area contributed by atoms with Crippen LogP contribution in [0.4, 0.5) is 0 Å². The smallest absolute Gasteiger partial charge is 0.220 e. The van der Waals surface area contributed by atoms with Crippen molar-refractivity contribution < 1.29 is 17.9 Å². The molecule has 3 N–H and O–H groups in total. The van der Waals surface area contributed by atoms with Gasteiger partial charge in [-0.3, -0.25) is 4.79 Å². The van der Waals surface area contributed by atoms with Crippen LogP contribution in [0.5, 0.6) is 5.75 Å². The van der Waals surface area contributed by atoms with Crippen molar-refractivity contribution in [1.82, 2.24) is 4.72 Å². The Bertz CT molecular complexity index is 865. The summed E-state index contributed by atoms with van der Waals surface area (Å²) in [6.45, 7) is 1.95. The number of nitrogens with one attached hydrogen (secondary N) is 1. The first kappa shape index (κ1) is 19.2. The monoisotopic (exact) mass is 364 g/mol. The molecule has 0 aliphatic carbocycles. The van der Waals surface area contributed by atoms with E-state index in [1.54, 1.807) is 14.0 Å². The number of fused-ring (bicyclic) bond motifs is 1. The molecule has 2 rings (SSSR count). The Morgan fingerprint density at radius 2 is 2.00 bits per heavy atom. The van der Waals surface area contributed by atoms with E-state index in [-0.39, 0.29) is 18.4 Å². The molecule has 0 fully saturated rings. The Morgan fingerprint density at radius 1 is 1.28 bits per heavy atom. The fourth-order valence-electron chi connectivity index (χ4n) is 2.87. The fourth-order valence-corrected chi connectivity index (χ4v) is 3.38. The van der Waals surface area contributed by atoms with Gasteiger partial charge in [-0.05, 0) is 40.8 Å². The highest BCUT2D eigenvalue weighted by molar-refractivity contribution is 7.88. The second-order valence-corrected chi connectivity index (χ2v) is 8.12. The normalized spacial score (nSPS) is 14.2. The van der Waals surface area contributed by atoms with Crippen molar-refractivity contribution >= 4 is 26.7 Å². The van der Waals surface area contributed by atoms with Gasteiger partial charge in [0.25, 0.3) is 0 Å². The molecule has 0 spiro atoms. The van der Waals surface area contributed by atoms with E-state index in [2.05, 4.69) is 4.72 Å². The lowest BCUT2D eigenvalue weighted by Gasteiger charge is -2.22. The standard InChI is InChI=1S/C18H24N2O4S/c1-12(18(19)21)9-14(11-20-25(3,22)23)16-6-4-5-13-7-8-15(24-2)10-17(13)16/h4-8,10,12,14,20H,9,11H2,1-3H3,(H2,19,21). The molecule has 0 radical (unpaired) electrons. The van der Waals surface area contributed by atoms with E-state index in [0.717, 1.165) is 28.3 Å². The lowest BCUT2D eigenvalue weighted by atomic mass is 9.86. The largest absolute Gasteiger partial charge is 0.497 e. The number of sulfonamides is 1. The first-order chi connectivity index (χ1) is 11.7. The molecule has 2 aromatic rings. The van der Waals surface area contributed by atoms with Crippen molar-refractivity contribution in [1.29, 1.82) is 0 Å². The van der Waals surface area contributed by atoms with Crippen molar-refractivity contribution in [3.05, 3.63) is 42.0 Å². The maximum atomic E-state index is 11.5. The van der Waals surface area contributed by atoms with Crippen molar-refractivity contribution in [2.75, 3.05) is 19.9 Å². The number of benzene rings is 2. The van der Waals surface area contributed by atoms with E-state index in [9.17, 15) is 13.2 Å². The van der Waals surface area contributed by atoms with E-state index >= 15 is 0 Å². The molecule has 7 heteroatoms. The van der Waals surface area contributed by atoms with E-state index in [1.165, 1.54) is 0 Å². The number of rotatable bonds is 8. The summed E-state index contributed by atoms with van der Waals surface area (Å²) in [6.07, 6.45) is 1.57. The Balaban J connectivity index is 2.47. The molecular formula is C18H24N2O4S. The Kier molecular flexibility index (Phi) is 6.02. The Labute approximate surface area is 148 Å². The predicted octanol–water partition coefficient (Wildman–Crippen LogP) is 1.99. The van der Waals surface area contributed by atoms with Crippen LogP contribution >= 0.6 is 0 Å². The number of nitrogens with two attached hydrogens (primary N) is 1. The van der Waals surface area contributed by atoms with Gasteiger partial charge in [-0.15, -0.1) is 0 Å². The van der Waals surface area contributed by atoms with Crippen LogP contribution in [0.25, 0.3) is 10.8 Å². The number of carbonyl (C=O) groups excluding carboxylic acids is 1. The van der Waals surface area contributed by atoms with Gasteiger partial charge in [0.15, 0.2) is 0 Å². The highest BCUT2D eigenvalue weighted by Gasteiger charge is 2.21. The van der Waals surface area contributed by atoms with E-state index in [1.807, 2.05) is 36.4 Å².